The summed E-state index contributed by atoms with van der Waals surface area (Å²) in [5.74, 6) is 0.438. The van der Waals surface area contributed by atoms with Gasteiger partial charge in [0.2, 0.25) is 5.91 Å². The van der Waals surface area contributed by atoms with Crippen LogP contribution in [-0.4, -0.2) is 46.2 Å². The van der Waals surface area contributed by atoms with E-state index < -0.39 is 0 Å². The number of nitrogens with one attached hydrogen (secondary N) is 1. The van der Waals surface area contributed by atoms with Crippen molar-refractivity contribution in [2.45, 2.75) is 39.3 Å². The average Bonchev–Trinajstić information content (AvgIpc) is 2.88. The molecule has 2 aromatic rings. The van der Waals surface area contributed by atoms with Crippen LogP contribution >= 0.6 is 0 Å². The zero-order valence-electron chi connectivity index (χ0n) is 15.9. The number of hydrogen-bond donors (Lipinski definition) is 2. The van der Waals surface area contributed by atoms with Gasteiger partial charge in [-0.05, 0) is 37.8 Å². The number of piperidine rings is 1. The standard InChI is InChI=1S/C21H26N4O2/c1-15-16(2)25(13-17-6-4-3-5-7-17)21(19(15)12-22)23-20(27)14-24-10-8-18(26)9-11-24/h3-7,18,26H,8-11,13-14H2,1-2H3,(H,23,27). The van der Waals surface area contributed by atoms with Gasteiger partial charge in [0.25, 0.3) is 0 Å². The Balaban J connectivity index is 1.80. The topological polar surface area (TPSA) is 81.3 Å². The van der Waals surface area contributed by atoms with E-state index in [9.17, 15) is 15.2 Å². The van der Waals surface area contributed by atoms with Gasteiger partial charge in [0.05, 0.1) is 18.2 Å². The molecule has 0 radical (unpaired) electrons. The van der Waals surface area contributed by atoms with E-state index >= 15 is 0 Å². The number of carbonyl (C=O) groups is 1. The van der Waals surface area contributed by atoms with E-state index in [4.69, 9.17) is 0 Å². The van der Waals surface area contributed by atoms with Gasteiger partial charge in [-0.2, -0.15) is 5.26 Å². The number of aromatic nitrogens is 1. The van der Waals surface area contributed by atoms with Crippen molar-refractivity contribution in [3.63, 3.8) is 0 Å². The molecule has 1 saturated heterocycles. The van der Waals surface area contributed by atoms with Gasteiger partial charge in [-0.1, -0.05) is 30.3 Å². The van der Waals surface area contributed by atoms with E-state index in [1.807, 2.05) is 53.6 Å². The number of aliphatic hydroxyl groups excluding tert-OH is 1. The molecule has 1 amide bonds. The van der Waals surface area contributed by atoms with E-state index in [2.05, 4.69) is 11.4 Å². The first kappa shape index (κ1) is 19.2. The molecular weight excluding hydrogens is 340 g/mol. The van der Waals surface area contributed by atoms with E-state index in [0.29, 0.717) is 43.9 Å². The quantitative estimate of drug-likeness (QED) is 0.851. The van der Waals surface area contributed by atoms with Crippen LogP contribution in [0.15, 0.2) is 30.3 Å². The Morgan fingerprint density at radius 2 is 1.93 bits per heavy atom. The fourth-order valence-electron chi connectivity index (χ4n) is 3.55. The summed E-state index contributed by atoms with van der Waals surface area (Å²) < 4.78 is 2.00. The summed E-state index contributed by atoms with van der Waals surface area (Å²) in [6.45, 7) is 6.18. The minimum Gasteiger partial charge on any atom is -0.393 e. The number of benzene rings is 1. The van der Waals surface area contributed by atoms with E-state index in [-0.39, 0.29) is 18.6 Å². The molecule has 1 fully saturated rings. The average molecular weight is 366 g/mol. The number of likely N-dealkylation sites (tertiary alicyclic amines) is 1. The third-order valence-corrected chi connectivity index (χ3v) is 5.31. The SMILES string of the molecule is Cc1c(C#N)c(NC(=O)CN2CCC(O)CC2)n(Cc2ccccc2)c1C. The Labute approximate surface area is 160 Å². The van der Waals surface area contributed by atoms with Crippen LogP contribution in [0.4, 0.5) is 5.82 Å². The summed E-state index contributed by atoms with van der Waals surface area (Å²) in [5.41, 5.74) is 3.50. The van der Waals surface area contributed by atoms with Crippen molar-refractivity contribution in [1.29, 1.82) is 5.26 Å². The van der Waals surface area contributed by atoms with Gasteiger partial charge in [-0.3, -0.25) is 9.69 Å². The normalized spacial score (nSPS) is 15.5. The summed E-state index contributed by atoms with van der Waals surface area (Å²) in [4.78, 5) is 14.7. The highest BCUT2D eigenvalue weighted by Crippen LogP contribution is 2.27. The number of nitrogens with zero attached hydrogens (tertiary/aromatic N) is 3. The molecule has 1 aliphatic heterocycles. The molecule has 6 heteroatoms. The third kappa shape index (κ3) is 4.38. The Morgan fingerprint density at radius 1 is 1.26 bits per heavy atom. The minimum atomic E-state index is -0.261. The fourth-order valence-corrected chi connectivity index (χ4v) is 3.55. The summed E-state index contributed by atoms with van der Waals surface area (Å²) >= 11 is 0. The maximum Gasteiger partial charge on any atom is 0.239 e. The van der Waals surface area contributed by atoms with Crippen molar-refractivity contribution in [3.05, 3.63) is 52.7 Å². The van der Waals surface area contributed by atoms with Gasteiger partial charge in [-0.15, -0.1) is 0 Å². The molecule has 2 N–H and O–H groups in total. The highest BCUT2D eigenvalue weighted by atomic mass is 16.3. The molecule has 0 bridgehead atoms. The lowest BCUT2D eigenvalue weighted by atomic mass is 10.1. The molecule has 0 atom stereocenters. The van der Waals surface area contributed by atoms with Crippen LogP contribution in [-0.2, 0) is 11.3 Å². The first-order valence-electron chi connectivity index (χ1n) is 9.33. The van der Waals surface area contributed by atoms with Crippen molar-refractivity contribution in [1.82, 2.24) is 9.47 Å². The summed E-state index contributed by atoms with van der Waals surface area (Å²) in [7, 11) is 0. The number of aliphatic hydroxyl groups is 1. The van der Waals surface area contributed by atoms with Gasteiger partial charge >= 0.3 is 0 Å². The van der Waals surface area contributed by atoms with Crippen molar-refractivity contribution in [2.75, 3.05) is 25.0 Å². The molecular formula is C21H26N4O2. The van der Waals surface area contributed by atoms with Gasteiger partial charge in [0, 0.05) is 25.3 Å². The maximum atomic E-state index is 12.6. The van der Waals surface area contributed by atoms with E-state index in [0.717, 1.165) is 16.8 Å². The molecule has 1 aliphatic rings. The van der Waals surface area contributed by atoms with Crippen molar-refractivity contribution >= 4 is 11.7 Å². The van der Waals surface area contributed by atoms with Crippen LogP contribution in [0.1, 0.15) is 35.2 Å². The van der Waals surface area contributed by atoms with Crippen LogP contribution in [0.25, 0.3) is 0 Å². The monoisotopic (exact) mass is 366 g/mol. The van der Waals surface area contributed by atoms with E-state index in [1.165, 1.54) is 0 Å². The van der Waals surface area contributed by atoms with Crippen molar-refractivity contribution in [3.8, 4) is 6.07 Å². The summed E-state index contributed by atoms with van der Waals surface area (Å²) in [6.07, 6.45) is 1.13. The van der Waals surface area contributed by atoms with Crippen molar-refractivity contribution < 1.29 is 9.90 Å². The Hall–Kier alpha value is -2.62. The van der Waals surface area contributed by atoms with Crippen molar-refractivity contribution in [2.24, 2.45) is 0 Å². The summed E-state index contributed by atoms with van der Waals surface area (Å²) in [5, 5.41) is 22.2. The zero-order valence-corrected chi connectivity index (χ0v) is 15.9. The summed E-state index contributed by atoms with van der Waals surface area (Å²) in [6, 6.07) is 12.2. The highest BCUT2D eigenvalue weighted by molar-refractivity contribution is 5.93. The lowest BCUT2D eigenvalue weighted by molar-refractivity contribution is -0.117. The predicted octanol–water partition coefficient (Wildman–Crippen LogP) is 2.42. The Bertz CT molecular complexity index is 843. The first-order valence-corrected chi connectivity index (χ1v) is 9.33. The second-order valence-corrected chi connectivity index (χ2v) is 7.17. The number of hydrogen-bond acceptors (Lipinski definition) is 4. The highest BCUT2D eigenvalue weighted by Gasteiger charge is 2.22. The van der Waals surface area contributed by atoms with Gasteiger partial charge in [0.1, 0.15) is 11.9 Å². The molecule has 3 rings (SSSR count). The zero-order chi connectivity index (χ0) is 19.4. The number of nitriles is 1. The molecule has 1 aromatic heterocycles. The molecule has 0 saturated carbocycles. The number of anilines is 1. The smallest absolute Gasteiger partial charge is 0.239 e. The largest absolute Gasteiger partial charge is 0.393 e. The first-order chi connectivity index (χ1) is 13.0. The van der Waals surface area contributed by atoms with Gasteiger partial charge in [0.15, 0.2) is 0 Å². The van der Waals surface area contributed by atoms with E-state index in [1.54, 1.807) is 0 Å². The molecule has 6 nitrogen and oxygen atoms in total. The third-order valence-electron chi connectivity index (χ3n) is 5.31. The van der Waals surface area contributed by atoms with Crippen LogP contribution in [0, 0.1) is 25.2 Å². The van der Waals surface area contributed by atoms with Crippen LogP contribution in [0.3, 0.4) is 0 Å². The van der Waals surface area contributed by atoms with Gasteiger partial charge < -0.3 is 15.0 Å². The number of amides is 1. The molecule has 0 unspecified atom stereocenters. The second-order valence-electron chi connectivity index (χ2n) is 7.17. The molecule has 0 spiro atoms. The number of carbonyl (C=O) groups excluding carboxylic acids is 1. The van der Waals surface area contributed by atoms with Crippen LogP contribution < -0.4 is 5.32 Å². The molecule has 142 valence electrons. The minimum absolute atomic E-state index is 0.130. The van der Waals surface area contributed by atoms with Crippen LogP contribution in [0.5, 0.6) is 0 Å². The number of rotatable bonds is 5. The molecule has 2 heterocycles. The molecule has 1 aromatic carbocycles. The fraction of sp³-hybridized carbons (Fsp3) is 0.429. The Morgan fingerprint density at radius 3 is 2.56 bits per heavy atom. The lowest BCUT2D eigenvalue weighted by Crippen LogP contribution is -2.40. The Kier molecular flexibility index (Phi) is 5.94. The van der Waals surface area contributed by atoms with Gasteiger partial charge in [-0.25, -0.2) is 0 Å². The maximum absolute atomic E-state index is 12.6. The molecule has 0 aliphatic carbocycles. The predicted molar refractivity (Wildman–Crippen MR) is 104 cm³/mol. The van der Waals surface area contributed by atoms with Crippen LogP contribution in [0.2, 0.25) is 0 Å². The molecule has 27 heavy (non-hydrogen) atoms. The second kappa shape index (κ2) is 8.38. The lowest BCUT2D eigenvalue weighted by Gasteiger charge is -2.28.